The number of hydrogen-bond acceptors (Lipinski definition) is 3. The topological polar surface area (TPSA) is 46.2 Å². The van der Waals surface area contributed by atoms with Crippen LogP contribution < -0.4 is 5.32 Å². The molecule has 0 amide bonds. The zero-order chi connectivity index (χ0) is 9.90. The van der Waals surface area contributed by atoms with Gasteiger partial charge in [-0.3, -0.25) is 0 Å². The minimum Gasteiger partial charge on any atom is -0.316 e. The van der Waals surface area contributed by atoms with Gasteiger partial charge >= 0.3 is 0 Å². The molecule has 1 saturated heterocycles. The summed E-state index contributed by atoms with van der Waals surface area (Å²) >= 11 is 0. The Bertz CT molecular complexity index is 282. The summed E-state index contributed by atoms with van der Waals surface area (Å²) in [5, 5.41) is 2.64. The second kappa shape index (κ2) is 4.24. The maximum Gasteiger partial charge on any atom is 0.157 e. The second-order valence-corrected chi connectivity index (χ2v) is 5.84. The zero-order valence-corrected chi connectivity index (χ0v) is 8.86. The molecule has 0 bridgehead atoms. The van der Waals surface area contributed by atoms with Crippen molar-refractivity contribution in [3.8, 4) is 0 Å². The predicted octanol–water partition coefficient (Wildman–Crippen LogP) is 0.729. The van der Waals surface area contributed by atoms with Gasteiger partial charge in [-0.2, -0.15) is 0 Å². The van der Waals surface area contributed by atoms with Crippen molar-refractivity contribution >= 4 is 9.84 Å². The van der Waals surface area contributed by atoms with Crippen LogP contribution in [0.1, 0.15) is 19.3 Å². The third-order valence-electron chi connectivity index (χ3n) is 2.44. The van der Waals surface area contributed by atoms with Crippen molar-refractivity contribution in [1.82, 2.24) is 5.32 Å². The molecule has 13 heavy (non-hydrogen) atoms. The van der Waals surface area contributed by atoms with Crippen molar-refractivity contribution in [2.24, 2.45) is 0 Å². The van der Waals surface area contributed by atoms with Crippen molar-refractivity contribution in [2.75, 3.05) is 19.3 Å². The molecule has 1 aliphatic heterocycles. The summed E-state index contributed by atoms with van der Waals surface area (Å²) < 4.78 is 23.2. The molecule has 0 aliphatic carbocycles. The Hall–Kier alpha value is -0.350. The van der Waals surface area contributed by atoms with Crippen LogP contribution in [0.15, 0.2) is 12.2 Å². The maximum absolute atomic E-state index is 11.6. The highest BCUT2D eigenvalue weighted by Gasteiger charge is 2.30. The van der Waals surface area contributed by atoms with Crippen LogP contribution >= 0.6 is 0 Å². The van der Waals surface area contributed by atoms with Gasteiger partial charge in [0.2, 0.25) is 0 Å². The van der Waals surface area contributed by atoms with Crippen molar-refractivity contribution in [3.63, 3.8) is 0 Å². The first-order chi connectivity index (χ1) is 6.08. The van der Waals surface area contributed by atoms with Gasteiger partial charge in [0.15, 0.2) is 9.84 Å². The van der Waals surface area contributed by atoms with Gasteiger partial charge in [-0.1, -0.05) is 13.0 Å². The van der Waals surface area contributed by atoms with Gasteiger partial charge in [-0.25, -0.2) is 8.42 Å². The SMILES string of the molecule is C=C(CNC)C1CCCCS1(=O)=O. The summed E-state index contributed by atoms with van der Waals surface area (Å²) in [4.78, 5) is 0. The van der Waals surface area contributed by atoms with Gasteiger partial charge in [-0.15, -0.1) is 0 Å². The lowest BCUT2D eigenvalue weighted by atomic mass is 10.1. The summed E-state index contributed by atoms with van der Waals surface area (Å²) in [7, 11) is -1.08. The van der Waals surface area contributed by atoms with Crippen LogP contribution in [0.25, 0.3) is 0 Å². The fourth-order valence-corrected chi connectivity index (χ4v) is 3.76. The second-order valence-electron chi connectivity index (χ2n) is 3.54. The molecular weight excluding hydrogens is 186 g/mol. The summed E-state index contributed by atoms with van der Waals surface area (Å²) in [6.45, 7) is 4.42. The molecule has 0 radical (unpaired) electrons. The average molecular weight is 203 g/mol. The van der Waals surface area contributed by atoms with E-state index < -0.39 is 9.84 Å². The first-order valence-corrected chi connectivity index (χ1v) is 6.33. The first-order valence-electron chi connectivity index (χ1n) is 4.62. The Labute approximate surface area is 80.1 Å². The normalized spacial score (nSPS) is 27.0. The number of rotatable bonds is 3. The first kappa shape index (κ1) is 10.7. The molecule has 3 nitrogen and oxygen atoms in total. The highest BCUT2D eigenvalue weighted by Crippen LogP contribution is 2.24. The monoisotopic (exact) mass is 203 g/mol. The molecule has 1 aliphatic rings. The minimum absolute atomic E-state index is 0.298. The smallest absolute Gasteiger partial charge is 0.157 e. The Morgan fingerprint density at radius 2 is 2.23 bits per heavy atom. The van der Waals surface area contributed by atoms with E-state index in [4.69, 9.17) is 0 Å². The van der Waals surface area contributed by atoms with Crippen LogP contribution in [0.5, 0.6) is 0 Å². The molecule has 0 saturated carbocycles. The number of sulfone groups is 1. The Kier molecular flexibility index (Phi) is 3.50. The lowest BCUT2D eigenvalue weighted by Crippen LogP contribution is -2.32. The Morgan fingerprint density at radius 1 is 1.54 bits per heavy atom. The van der Waals surface area contributed by atoms with E-state index in [0.29, 0.717) is 12.3 Å². The van der Waals surface area contributed by atoms with Crippen LogP contribution in [0.3, 0.4) is 0 Å². The Morgan fingerprint density at radius 3 is 2.77 bits per heavy atom. The van der Waals surface area contributed by atoms with Crippen LogP contribution in [0.4, 0.5) is 0 Å². The van der Waals surface area contributed by atoms with Crippen molar-refractivity contribution in [3.05, 3.63) is 12.2 Å². The van der Waals surface area contributed by atoms with Gasteiger partial charge in [0.1, 0.15) is 0 Å². The lowest BCUT2D eigenvalue weighted by Gasteiger charge is -2.23. The number of likely N-dealkylation sites (N-methyl/N-ethyl adjacent to an activating group) is 1. The van der Waals surface area contributed by atoms with E-state index in [1.165, 1.54) is 0 Å². The molecule has 1 unspecified atom stereocenters. The number of nitrogens with one attached hydrogen (secondary N) is 1. The highest BCUT2D eigenvalue weighted by molar-refractivity contribution is 7.92. The molecule has 1 heterocycles. The average Bonchev–Trinajstić information content (AvgIpc) is 2.03. The summed E-state index contributed by atoms with van der Waals surface area (Å²) in [5.41, 5.74) is 0.808. The summed E-state index contributed by atoms with van der Waals surface area (Å²) in [6.07, 6.45) is 2.57. The van der Waals surface area contributed by atoms with Crippen molar-refractivity contribution in [1.29, 1.82) is 0 Å². The third kappa shape index (κ3) is 2.54. The van der Waals surface area contributed by atoms with E-state index in [9.17, 15) is 8.42 Å². The van der Waals surface area contributed by atoms with E-state index in [1.54, 1.807) is 7.05 Å². The van der Waals surface area contributed by atoms with Gasteiger partial charge in [0.25, 0.3) is 0 Å². The van der Waals surface area contributed by atoms with E-state index in [0.717, 1.165) is 24.8 Å². The van der Waals surface area contributed by atoms with Crippen LogP contribution in [0.2, 0.25) is 0 Å². The largest absolute Gasteiger partial charge is 0.316 e. The van der Waals surface area contributed by atoms with Crippen LogP contribution in [-0.4, -0.2) is 33.0 Å². The van der Waals surface area contributed by atoms with Gasteiger partial charge < -0.3 is 5.32 Å². The van der Waals surface area contributed by atoms with Gasteiger partial charge in [0.05, 0.1) is 11.0 Å². The standard InChI is InChI=1S/C9H17NO2S/c1-8(7-10-2)9-5-3-4-6-13(9,11)12/h9-10H,1,3-7H2,2H3. The van der Waals surface area contributed by atoms with E-state index in [-0.39, 0.29) is 5.25 Å². The molecule has 1 N–H and O–H groups in total. The zero-order valence-electron chi connectivity index (χ0n) is 8.04. The fraction of sp³-hybridized carbons (Fsp3) is 0.778. The minimum atomic E-state index is -2.88. The van der Waals surface area contributed by atoms with Crippen molar-refractivity contribution in [2.45, 2.75) is 24.5 Å². The Balaban J connectivity index is 2.71. The van der Waals surface area contributed by atoms with E-state index in [1.807, 2.05) is 0 Å². The molecular formula is C9H17NO2S. The maximum atomic E-state index is 11.6. The van der Waals surface area contributed by atoms with Gasteiger partial charge in [-0.05, 0) is 25.5 Å². The molecule has 4 heteroatoms. The molecule has 0 aromatic rings. The predicted molar refractivity (Wildman–Crippen MR) is 54.5 cm³/mol. The fourth-order valence-electron chi connectivity index (χ4n) is 1.75. The third-order valence-corrected chi connectivity index (χ3v) is 4.73. The molecule has 76 valence electrons. The summed E-state index contributed by atoms with van der Waals surface area (Å²) in [5.74, 6) is 0.334. The number of hydrogen-bond donors (Lipinski definition) is 1. The van der Waals surface area contributed by atoms with E-state index >= 15 is 0 Å². The van der Waals surface area contributed by atoms with Gasteiger partial charge in [0, 0.05) is 6.54 Å². The highest BCUT2D eigenvalue weighted by atomic mass is 32.2. The quantitative estimate of drug-likeness (QED) is 0.688. The van der Waals surface area contributed by atoms with Crippen LogP contribution in [-0.2, 0) is 9.84 Å². The molecule has 1 fully saturated rings. The molecule has 0 spiro atoms. The van der Waals surface area contributed by atoms with E-state index in [2.05, 4.69) is 11.9 Å². The van der Waals surface area contributed by atoms with Crippen LogP contribution in [0, 0.1) is 0 Å². The molecule has 1 rings (SSSR count). The molecule has 0 aromatic heterocycles. The van der Waals surface area contributed by atoms with Crippen molar-refractivity contribution < 1.29 is 8.42 Å². The molecule has 1 atom stereocenters. The summed E-state index contributed by atoms with van der Waals surface area (Å²) in [6, 6.07) is 0. The molecule has 0 aromatic carbocycles. The lowest BCUT2D eigenvalue weighted by molar-refractivity contribution is 0.551.